The number of carboxylic acids is 1. The minimum absolute atomic E-state index is 0.151. The Bertz CT molecular complexity index is 531. The van der Waals surface area contributed by atoms with Crippen molar-refractivity contribution < 1.29 is 14.3 Å². The van der Waals surface area contributed by atoms with Crippen LogP contribution in [0.25, 0.3) is 10.9 Å². The number of aromatic nitrogens is 1. The Kier molecular flexibility index (Phi) is 2.19. The molecule has 0 saturated heterocycles. The molecule has 2 rings (SSSR count). The van der Waals surface area contributed by atoms with Crippen molar-refractivity contribution in [2.24, 2.45) is 0 Å². The summed E-state index contributed by atoms with van der Waals surface area (Å²) in [6.45, 7) is 1.87. The molecular weight excluding hydrogens is 197 g/mol. The number of nitrogens with one attached hydrogen (secondary N) is 1. The molecule has 0 spiro atoms. The largest absolute Gasteiger partial charge is 0.477 e. The van der Waals surface area contributed by atoms with E-state index < -0.39 is 5.97 Å². The third kappa shape index (κ3) is 1.48. The van der Waals surface area contributed by atoms with Crippen molar-refractivity contribution in [2.45, 2.75) is 13.3 Å². The minimum atomic E-state index is -1.01. The Morgan fingerprint density at radius 2 is 2.27 bits per heavy atom. The molecule has 0 atom stereocenters. The quantitative estimate of drug-likeness (QED) is 0.795. The van der Waals surface area contributed by atoms with E-state index in [1.165, 1.54) is 12.1 Å². The predicted molar refractivity (Wildman–Crippen MR) is 54.6 cm³/mol. The van der Waals surface area contributed by atoms with Crippen molar-refractivity contribution in [1.82, 2.24) is 4.98 Å². The number of halogens is 1. The van der Waals surface area contributed by atoms with E-state index in [-0.39, 0.29) is 11.5 Å². The van der Waals surface area contributed by atoms with Crippen LogP contribution < -0.4 is 0 Å². The van der Waals surface area contributed by atoms with Crippen molar-refractivity contribution in [3.05, 3.63) is 35.3 Å². The number of H-pyrrole nitrogens is 1. The SMILES string of the molecule is CCc1c(C(=O)O)[nH]c2cc(F)ccc12. The maximum absolute atomic E-state index is 12.9. The fourth-order valence-corrected chi connectivity index (χ4v) is 1.78. The summed E-state index contributed by atoms with van der Waals surface area (Å²) in [7, 11) is 0. The molecule has 0 aliphatic rings. The average molecular weight is 207 g/mol. The highest BCUT2D eigenvalue weighted by Gasteiger charge is 2.15. The minimum Gasteiger partial charge on any atom is -0.477 e. The summed E-state index contributed by atoms with van der Waals surface area (Å²) in [5.41, 5.74) is 1.40. The molecule has 1 heterocycles. The monoisotopic (exact) mass is 207 g/mol. The van der Waals surface area contributed by atoms with Gasteiger partial charge in [-0.2, -0.15) is 0 Å². The van der Waals surface area contributed by atoms with E-state index in [1.807, 2.05) is 6.92 Å². The number of hydrogen-bond acceptors (Lipinski definition) is 1. The first-order valence-corrected chi connectivity index (χ1v) is 4.67. The standard InChI is InChI=1S/C11H10FNO2/c1-2-7-8-4-3-6(12)5-9(8)13-10(7)11(14)15/h3-5,13H,2H2,1H3,(H,14,15). The zero-order valence-corrected chi connectivity index (χ0v) is 8.17. The first kappa shape index (κ1) is 9.71. The van der Waals surface area contributed by atoms with Crippen molar-refractivity contribution in [3.63, 3.8) is 0 Å². The van der Waals surface area contributed by atoms with Gasteiger partial charge in [0.25, 0.3) is 0 Å². The van der Waals surface area contributed by atoms with Crippen LogP contribution in [0, 0.1) is 5.82 Å². The van der Waals surface area contributed by atoms with Gasteiger partial charge in [0, 0.05) is 10.9 Å². The third-order valence-electron chi connectivity index (χ3n) is 2.44. The van der Waals surface area contributed by atoms with E-state index in [2.05, 4.69) is 4.98 Å². The second-order valence-corrected chi connectivity index (χ2v) is 3.33. The van der Waals surface area contributed by atoms with Crippen LogP contribution in [0.1, 0.15) is 23.0 Å². The fourth-order valence-electron chi connectivity index (χ4n) is 1.78. The average Bonchev–Trinajstić information content (AvgIpc) is 2.55. The first-order valence-electron chi connectivity index (χ1n) is 4.67. The highest BCUT2D eigenvalue weighted by Crippen LogP contribution is 2.23. The summed E-state index contributed by atoms with van der Waals surface area (Å²) in [5.74, 6) is -1.38. The van der Waals surface area contributed by atoms with Gasteiger partial charge in [0.2, 0.25) is 0 Å². The second-order valence-electron chi connectivity index (χ2n) is 3.33. The Morgan fingerprint density at radius 1 is 1.53 bits per heavy atom. The summed E-state index contributed by atoms with van der Waals surface area (Å²) in [5, 5.41) is 9.72. The van der Waals surface area contributed by atoms with Crippen LogP contribution in [0.3, 0.4) is 0 Å². The number of hydrogen-bond donors (Lipinski definition) is 2. The summed E-state index contributed by atoms with van der Waals surface area (Å²) in [6, 6.07) is 4.24. The molecule has 0 aliphatic heterocycles. The molecule has 78 valence electrons. The van der Waals surface area contributed by atoms with E-state index in [0.29, 0.717) is 11.9 Å². The number of carboxylic acid groups (broad SMARTS) is 1. The zero-order chi connectivity index (χ0) is 11.0. The first-order chi connectivity index (χ1) is 7.13. The molecule has 3 nitrogen and oxygen atoms in total. The topological polar surface area (TPSA) is 53.1 Å². The van der Waals surface area contributed by atoms with Crippen molar-refractivity contribution in [2.75, 3.05) is 0 Å². The number of rotatable bonds is 2. The summed E-state index contributed by atoms with van der Waals surface area (Å²) < 4.78 is 12.9. The molecule has 15 heavy (non-hydrogen) atoms. The van der Waals surface area contributed by atoms with Gasteiger partial charge < -0.3 is 10.1 Å². The predicted octanol–water partition coefficient (Wildman–Crippen LogP) is 2.57. The van der Waals surface area contributed by atoms with Crippen LogP contribution >= 0.6 is 0 Å². The second kappa shape index (κ2) is 3.38. The molecule has 0 fully saturated rings. The molecule has 2 N–H and O–H groups in total. The van der Waals surface area contributed by atoms with Gasteiger partial charge in [0.15, 0.2) is 0 Å². The van der Waals surface area contributed by atoms with Crippen LogP contribution in [0.5, 0.6) is 0 Å². The van der Waals surface area contributed by atoms with Gasteiger partial charge in [-0.05, 0) is 30.2 Å². The van der Waals surface area contributed by atoms with Crippen LogP contribution in [0.2, 0.25) is 0 Å². The zero-order valence-electron chi connectivity index (χ0n) is 8.17. The van der Waals surface area contributed by atoms with Crippen LogP contribution in [0.15, 0.2) is 18.2 Å². The molecule has 0 aliphatic carbocycles. The molecule has 0 saturated carbocycles. The Hall–Kier alpha value is -1.84. The molecule has 0 radical (unpaired) electrons. The molecule has 1 aromatic heterocycles. The lowest BCUT2D eigenvalue weighted by Crippen LogP contribution is -2.00. The van der Waals surface area contributed by atoms with Gasteiger partial charge in [-0.3, -0.25) is 0 Å². The number of aromatic carboxylic acids is 1. The third-order valence-corrected chi connectivity index (χ3v) is 2.44. The maximum Gasteiger partial charge on any atom is 0.352 e. The van der Waals surface area contributed by atoms with E-state index in [9.17, 15) is 9.18 Å². The van der Waals surface area contributed by atoms with Crippen molar-refractivity contribution in [3.8, 4) is 0 Å². The van der Waals surface area contributed by atoms with Gasteiger partial charge >= 0.3 is 5.97 Å². The number of aromatic amines is 1. The molecule has 0 unspecified atom stereocenters. The number of benzene rings is 1. The smallest absolute Gasteiger partial charge is 0.352 e. The Balaban J connectivity index is 2.78. The van der Waals surface area contributed by atoms with Crippen molar-refractivity contribution >= 4 is 16.9 Å². The highest BCUT2D eigenvalue weighted by molar-refractivity contribution is 5.97. The van der Waals surface area contributed by atoms with Gasteiger partial charge in [0.05, 0.1) is 0 Å². The lowest BCUT2D eigenvalue weighted by molar-refractivity contribution is 0.0690. The highest BCUT2D eigenvalue weighted by atomic mass is 19.1. The van der Waals surface area contributed by atoms with Crippen LogP contribution in [-0.2, 0) is 6.42 Å². The maximum atomic E-state index is 12.9. The van der Waals surface area contributed by atoms with Crippen molar-refractivity contribution in [1.29, 1.82) is 0 Å². The summed E-state index contributed by atoms with van der Waals surface area (Å²) in [6.07, 6.45) is 0.604. The molecule has 2 aromatic rings. The Labute approximate surface area is 85.5 Å². The Morgan fingerprint density at radius 3 is 2.87 bits per heavy atom. The lowest BCUT2D eigenvalue weighted by atomic mass is 10.1. The van der Waals surface area contributed by atoms with Crippen LogP contribution in [0.4, 0.5) is 4.39 Å². The van der Waals surface area contributed by atoms with Crippen LogP contribution in [-0.4, -0.2) is 16.1 Å². The summed E-state index contributed by atoms with van der Waals surface area (Å²) >= 11 is 0. The molecule has 4 heteroatoms. The molecule has 0 bridgehead atoms. The number of fused-ring (bicyclic) bond motifs is 1. The normalized spacial score (nSPS) is 10.8. The van der Waals surface area contributed by atoms with E-state index >= 15 is 0 Å². The fraction of sp³-hybridized carbons (Fsp3) is 0.182. The van der Waals surface area contributed by atoms with Gasteiger partial charge in [-0.1, -0.05) is 6.92 Å². The van der Waals surface area contributed by atoms with Gasteiger partial charge in [-0.25, -0.2) is 9.18 Å². The molecular formula is C11H10FNO2. The lowest BCUT2D eigenvalue weighted by Gasteiger charge is -1.95. The van der Waals surface area contributed by atoms with E-state index in [0.717, 1.165) is 10.9 Å². The van der Waals surface area contributed by atoms with Gasteiger partial charge in [0.1, 0.15) is 11.5 Å². The van der Waals surface area contributed by atoms with E-state index in [1.54, 1.807) is 6.07 Å². The molecule has 0 amide bonds. The number of carbonyl (C=O) groups is 1. The van der Waals surface area contributed by atoms with Gasteiger partial charge in [-0.15, -0.1) is 0 Å². The molecule has 1 aromatic carbocycles. The number of aryl methyl sites for hydroxylation is 1. The van der Waals surface area contributed by atoms with E-state index in [4.69, 9.17) is 5.11 Å². The summed E-state index contributed by atoms with van der Waals surface area (Å²) in [4.78, 5) is 13.6.